The number of aliphatic hydroxyl groups is 1. The molecule has 7 heteroatoms. The van der Waals surface area contributed by atoms with E-state index in [0.717, 1.165) is 48.3 Å². The van der Waals surface area contributed by atoms with E-state index in [1.54, 1.807) is 12.1 Å². The largest absolute Gasteiger partial charge is 0.393 e. The summed E-state index contributed by atoms with van der Waals surface area (Å²) in [5.74, 6) is 1.70. The van der Waals surface area contributed by atoms with E-state index >= 15 is 0 Å². The highest BCUT2D eigenvalue weighted by Gasteiger charge is 2.29. The van der Waals surface area contributed by atoms with Gasteiger partial charge in [-0.1, -0.05) is 19.3 Å². The number of hydrogen-bond donors (Lipinski definition) is 2. The zero-order chi connectivity index (χ0) is 25.2. The van der Waals surface area contributed by atoms with Gasteiger partial charge in [-0.25, -0.2) is 9.37 Å². The maximum atomic E-state index is 13.4. The van der Waals surface area contributed by atoms with Crippen molar-refractivity contribution in [2.24, 2.45) is 5.92 Å². The number of piperidine rings is 1. The fourth-order valence-electron chi connectivity index (χ4n) is 6.88. The molecular formula is C30H40FN5O. The lowest BCUT2D eigenvalue weighted by Gasteiger charge is -2.35. The Hall–Kier alpha value is -2.51. The maximum absolute atomic E-state index is 13.4. The normalized spacial score (nSPS) is 24.5. The van der Waals surface area contributed by atoms with Crippen molar-refractivity contribution in [3.8, 4) is 0 Å². The molecule has 2 N–H and O–H groups in total. The van der Waals surface area contributed by atoms with Crippen molar-refractivity contribution in [2.75, 3.05) is 25.0 Å². The van der Waals surface area contributed by atoms with Crippen LogP contribution in [0.3, 0.4) is 0 Å². The van der Waals surface area contributed by atoms with Gasteiger partial charge in [0.25, 0.3) is 0 Å². The molecule has 37 heavy (non-hydrogen) atoms. The van der Waals surface area contributed by atoms with Crippen molar-refractivity contribution in [2.45, 2.75) is 88.7 Å². The Labute approximate surface area is 219 Å². The van der Waals surface area contributed by atoms with Gasteiger partial charge >= 0.3 is 0 Å². The first-order valence-electron chi connectivity index (χ1n) is 14.4. The second-order valence-corrected chi connectivity index (χ2v) is 11.6. The molecule has 6 nitrogen and oxygen atoms in total. The molecule has 0 bridgehead atoms. The van der Waals surface area contributed by atoms with Crippen LogP contribution in [0.5, 0.6) is 0 Å². The summed E-state index contributed by atoms with van der Waals surface area (Å²) in [6.45, 7) is 3.63. The van der Waals surface area contributed by atoms with Crippen molar-refractivity contribution >= 4 is 22.7 Å². The summed E-state index contributed by atoms with van der Waals surface area (Å²) < 4.78 is 15.7. The number of anilines is 2. The van der Waals surface area contributed by atoms with E-state index in [-0.39, 0.29) is 11.9 Å². The van der Waals surface area contributed by atoms with Gasteiger partial charge in [0.2, 0.25) is 5.95 Å². The average molecular weight is 506 g/mol. The van der Waals surface area contributed by atoms with Crippen LogP contribution in [0.25, 0.3) is 11.0 Å². The third kappa shape index (κ3) is 5.68. The zero-order valence-electron chi connectivity index (χ0n) is 21.8. The van der Waals surface area contributed by atoms with Crippen molar-refractivity contribution in [3.63, 3.8) is 0 Å². The van der Waals surface area contributed by atoms with Crippen LogP contribution in [0.15, 0.2) is 36.7 Å². The molecule has 3 aromatic rings. The number of fused-ring (bicyclic) bond motifs is 1. The number of halogens is 1. The standard InChI is InChI=1S/C30H40FN5O/c31-23-6-8-24(9-7-23)33-30-32-18-27-28(20-36(29(27)34-30)25-10-12-26(37)13-11-25)22-14-16-35(17-15-22)19-21-4-2-1-3-5-21/h6-9,18,20-22,25-26,37H,1-5,10-17,19H2,(H,32,33,34). The summed E-state index contributed by atoms with van der Waals surface area (Å²) in [7, 11) is 0. The summed E-state index contributed by atoms with van der Waals surface area (Å²) in [4.78, 5) is 12.3. The number of aliphatic hydroxyl groups excluding tert-OH is 1. The lowest BCUT2D eigenvalue weighted by Crippen LogP contribution is -2.37. The molecule has 3 aliphatic rings. The summed E-state index contributed by atoms with van der Waals surface area (Å²) >= 11 is 0. The molecule has 2 aromatic heterocycles. The third-order valence-corrected chi connectivity index (χ3v) is 9.03. The zero-order valence-corrected chi connectivity index (χ0v) is 21.8. The highest BCUT2D eigenvalue weighted by Crippen LogP contribution is 2.39. The van der Waals surface area contributed by atoms with Gasteiger partial charge in [0.15, 0.2) is 0 Å². The van der Waals surface area contributed by atoms with Crippen molar-refractivity contribution in [3.05, 3.63) is 48.0 Å². The van der Waals surface area contributed by atoms with Gasteiger partial charge in [0, 0.05) is 36.1 Å². The van der Waals surface area contributed by atoms with E-state index in [2.05, 4.69) is 26.0 Å². The first-order chi connectivity index (χ1) is 18.1. The van der Waals surface area contributed by atoms with Gasteiger partial charge in [-0.15, -0.1) is 0 Å². The second-order valence-electron chi connectivity index (χ2n) is 11.6. The van der Waals surface area contributed by atoms with Gasteiger partial charge in [0.05, 0.1) is 6.10 Å². The minimum Gasteiger partial charge on any atom is -0.393 e. The molecule has 6 rings (SSSR count). The van der Waals surface area contributed by atoms with Crippen molar-refractivity contribution in [1.82, 2.24) is 19.4 Å². The SMILES string of the molecule is OC1CCC(n2cc(C3CCN(CC4CCCCC4)CC3)c3cnc(Nc4ccc(F)cc4)nc32)CC1. The number of hydrogen-bond acceptors (Lipinski definition) is 5. The molecular weight excluding hydrogens is 465 g/mol. The lowest BCUT2D eigenvalue weighted by molar-refractivity contribution is 0.111. The molecule has 0 unspecified atom stereocenters. The smallest absolute Gasteiger partial charge is 0.229 e. The highest BCUT2D eigenvalue weighted by atomic mass is 19.1. The first kappa shape index (κ1) is 24.8. The van der Waals surface area contributed by atoms with Crippen molar-refractivity contribution < 1.29 is 9.50 Å². The van der Waals surface area contributed by atoms with E-state index in [9.17, 15) is 9.50 Å². The topological polar surface area (TPSA) is 66.2 Å². The van der Waals surface area contributed by atoms with E-state index in [0.29, 0.717) is 17.9 Å². The van der Waals surface area contributed by atoms with Crippen LogP contribution < -0.4 is 5.32 Å². The van der Waals surface area contributed by atoms with E-state index in [4.69, 9.17) is 4.98 Å². The number of likely N-dealkylation sites (tertiary alicyclic amines) is 1. The molecule has 0 amide bonds. The van der Waals surface area contributed by atoms with Crippen molar-refractivity contribution in [1.29, 1.82) is 0 Å². The van der Waals surface area contributed by atoms with E-state index in [1.807, 2.05) is 6.20 Å². The van der Waals surface area contributed by atoms with Crippen LogP contribution in [0.1, 0.15) is 88.2 Å². The van der Waals surface area contributed by atoms with Crippen LogP contribution in [-0.4, -0.2) is 50.3 Å². The fraction of sp³-hybridized carbons (Fsp3) is 0.600. The van der Waals surface area contributed by atoms with Gasteiger partial charge in [0.1, 0.15) is 11.5 Å². The molecule has 1 aromatic carbocycles. The van der Waals surface area contributed by atoms with Crippen LogP contribution in [0.2, 0.25) is 0 Å². The second kappa shape index (κ2) is 11.1. The summed E-state index contributed by atoms with van der Waals surface area (Å²) in [6, 6.07) is 6.64. The molecule has 1 saturated heterocycles. The molecule has 0 spiro atoms. The summed E-state index contributed by atoms with van der Waals surface area (Å²) in [5.41, 5.74) is 3.12. The van der Waals surface area contributed by atoms with Crippen LogP contribution in [0.4, 0.5) is 16.0 Å². The van der Waals surface area contributed by atoms with E-state index in [1.165, 1.54) is 82.3 Å². The maximum Gasteiger partial charge on any atom is 0.229 e. The fourth-order valence-corrected chi connectivity index (χ4v) is 6.88. The minimum absolute atomic E-state index is 0.184. The monoisotopic (exact) mass is 505 g/mol. The number of benzene rings is 1. The van der Waals surface area contributed by atoms with Crippen LogP contribution in [-0.2, 0) is 0 Å². The highest BCUT2D eigenvalue weighted by molar-refractivity contribution is 5.82. The molecule has 2 saturated carbocycles. The summed E-state index contributed by atoms with van der Waals surface area (Å²) in [6.07, 6.45) is 17.2. The molecule has 0 atom stereocenters. The summed E-state index contributed by atoms with van der Waals surface area (Å²) in [5, 5.41) is 14.5. The van der Waals surface area contributed by atoms with Gasteiger partial charge in [-0.2, -0.15) is 4.98 Å². The van der Waals surface area contributed by atoms with Gasteiger partial charge < -0.3 is 19.9 Å². The minimum atomic E-state index is -0.260. The Balaban J connectivity index is 1.23. The van der Waals surface area contributed by atoms with Crippen LogP contribution >= 0.6 is 0 Å². The average Bonchev–Trinajstić information content (AvgIpc) is 3.30. The lowest BCUT2D eigenvalue weighted by atomic mass is 9.86. The van der Waals surface area contributed by atoms with Crippen LogP contribution in [0, 0.1) is 11.7 Å². The predicted molar refractivity (Wildman–Crippen MR) is 146 cm³/mol. The number of nitrogens with zero attached hydrogens (tertiary/aromatic N) is 4. The van der Waals surface area contributed by atoms with Gasteiger partial charge in [-0.3, -0.25) is 0 Å². The quantitative estimate of drug-likeness (QED) is 0.398. The Morgan fingerprint density at radius 1 is 0.919 bits per heavy atom. The predicted octanol–water partition coefficient (Wildman–Crippen LogP) is 6.55. The molecule has 3 heterocycles. The number of nitrogens with one attached hydrogen (secondary N) is 1. The van der Waals surface area contributed by atoms with Gasteiger partial charge in [-0.05, 0) is 106 Å². The number of rotatable bonds is 6. The molecule has 0 radical (unpaired) electrons. The molecule has 198 valence electrons. The Bertz CT molecular complexity index is 1170. The Morgan fingerprint density at radius 2 is 1.65 bits per heavy atom. The Morgan fingerprint density at radius 3 is 2.38 bits per heavy atom. The number of aromatic nitrogens is 3. The Kier molecular flexibility index (Phi) is 7.43. The molecule has 1 aliphatic heterocycles. The third-order valence-electron chi connectivity index (χ3n) is 9.03. The van der Waals surface area contributed by atoms with E-state index < -0.39 is 0 Å². The molecule has 2 aliphatic carbocycles. The first-order valence-corrected chi connectivity index (χ1v) is 14.4. The molecule has 3 fully saturated rings.